The first-order valence-corrected chi connectivity index (χ1v) is 9.40. The number of hydrogen-bond donors (Lipinski definition) is 2. The minimum Gasteiger partial charge on any atom is -0.361 e. The molecule has 0 atom stereocenters. The zero-order valence-corrected chi connectivity index (χ0v) is 14.2. The van der Waals surface area contributed by atoms with E-state index in [0.29, 0.717) is 11.5 Å². The molecule has 4 nitrogen and oxygen atoms in total. The van der Waals surface area contributed by atoms with Gasteiger partial charge in [-0.25, -0.2) is 4.98 Å². The molecule has 0 unspecified atom stereocenters. The van der Waals surface area contributed by atoms with Crippen molar-refractivity contribution in [2.24, 2.45) is 5.41 Å². The number of anilines is 1. The Balaban J connectivity index is 1.51. The number of hydrogen-bond acceptors (Lipinski definition) is 5. The highest BCUT2D eigenvalue weighted by Crippen LogP contribution is 2.44. The van der Waals surface area contributed by atoms with Gasteiger partial charge in [0.05, 0.1) is 0 Å². The van der Waals surface area contributed by atoms with Gasteiger partial charge in [-0.1, -0.05) is 26.2 Å². The maximum Gasteiger partial charge on any atom is 0.182 e. The maximum atomic E-state index is 8.69. The molecule has 2 aliphatic rings. The molecule has 3 rings (SSSR count). The lowest BCUT2D eigenvalue weighted by molar-refractivity contribution is 0.101. The van der Waals surface area contributed by atoms with Crippen molar-refractivity contribution in [2.75, 3.05) is 11.9 Å². The lowest BCUT2D eigenvalue weighted by atomic mass is 9.64. The summed E-state index contributed by atoms with van der Waals surface area (Å²) in [4.78, 5) is 6.05. The molecule has 2 aliphatic carbocycles. The molecule has 0 spiro atoms. The summed E-state index contributed by atoms with van der Waals surface area (Å²) in [5, 5.41) is 16.2. The topological polar surface area (TPSA) is 60.7 Å². The van der Waals surface area contributed by atoms with Crippen molar-refractivity contribution >= 4 is 16.5 Å². The average molecular weight is 318 g/mol. The number of rotatable bonds is 6. The van der Waals surface area contributed by atoms with Crippen LogP contribution in [-0.2, 0) is 0 Å². The van der Waals surface area contributed by atoms with E-state index in [1.807, 2.05) is 11.3 Å². The Morgan fingerprint density at radius 1 is 1.36 bits per heavy atom. The highest BCUT2D eigenvalue weighted by molar-refractivity contribution is 7.15. The first-order valence-electron chi connectivity index (χ1n) is 8.59. The summed E-state index contributed by atoms with van der Waals surface area (Å²) < 4.78 is 0. The van der Waals surface area contributed by atoms with Gasteiger partial charge in [0.1, 0.15) is 0 Å². The molecule has 0 radical (unpaired) electrons. The van der Waals surface area contributed by atoms with Crippen molar-refractivity contribution in [1.82, 2.24) is 10.3 Å². The SMILES string of the molecule is CC[C@]1(CNc2ncc(C3CCCCC3)s2)C[C@H](NC#N)C1. The third kappa shape index (κ3) is 3.38. The molecule has 0 aliphatic heterocycles. The molecule has 120 valence electrons. The molecule has 0 amide bonds. The van der Waals surface area contributed by atoms with E-state index < -0.39 is 0 Å². The fraction of sp³-hybridized carbons (Fsp3) is 0.765. The van der Waals surface area contributed by atoms with Gasteiger partial charge >= 0.3 is 0 Å². The molecule has 1 heterocycles. The van der Waals surface area contributed by atoms with Crippen molar-refractivity contribution in [3.63, 3.8) is 0 Å². The lowest BCUT2D eigenvalue weighted by Crippen LogP contribution is -2.50. The molecule has 0 bridgehead atoms. The minimum atomic E-state index is 0.338. The zero-order valence-electron chi connectivity index (χ0n) is 13.4. The fourth-order valence-electron chi connectivity index (χ4n) is 3.94. The van der Waals surface area contributed by atoms with Crippen LogP contribution in [0.25, 0.3) is 0 Å². The normalized spacial score (nSPS) is 28.6. The van der Waals surface area contributed by atoms with E-state index >= 15 is 0 Å². The van der Waals surface area contributed by atoms with Gasteiger partial charge in [-0.2, -0.15) is 5.26 Å². The van der Waals surface area contributed by atoms with Crippen LogP contribution in [0.5, 0.6) is 0 Å². The largest absolute Gasteiger partial charge is 0.361 e. The second-order valence-corrected chi connectivity index (χ2v) is 8.03. The molecule has 0 saturated heterocycles. The van der Waals surface area contributed by atoms with Gasteiger partial charge < -0.3 is 10.6 Å². The highest BCUT2D eigenvalue weighted by atomic mass is 32.1. The summed E-state index contributed by atoms with van der Waals surface area (Å²) in [5.41, 5.74) is 0.338. The second-order valence-electron chi connectivity index (χ2n) is 6.97. The van der Waals surface area contributed by atoms with Gasteiger partial charge in [0.25, 0.3) is 0 Å². The molecule has 22 heavy (non-hydrogen) atoms. The Kier molecular flexibility index (Phi) is 4.87. The van der Waals surface area contributed by atoms with Crippen molar-refractivity contribution in [3.05, 3.63) is 11.1 Å². The zero-order chi connectivity index (χ0) is 15.4. The van der Waals surface area contributed by atoms with E-state index in [1.165, 1.54) is 37.0 Å². The van der Waals surface area contributed by atoms with Crippen LogP contribution in [0.1, 0.15) is 69.1 Å². The van der Waals surface area contributed by atoms with Crippen LogP contribution in [0, 0.1) is 16.9 Å². The van der Waals surface area contributed by atoms with E-state index in [0.717, 1.165) is 36.9 Å². The monoisotopic (exact) mass is 318 g/mol. The van der Waals surface area contributed by atoms with Gasteiger partial charge in [0.15, 0.2) is 11.3 Å². The summed E-state index contributed by atoms with van der Waals surface area (Å²) in [5.74, 6) is 0.745. The Labute approximate surface area is 137 Å². The van der Waals surface area contributed by atoms with Crippen LogP contribution < -0.4 is 10.6 Å². The van der Waals surface area contributed by atoms with Crippen LogP contribution >= 0.6 is 11.3 Å². The van der Waals surface area contributed by atoms with Gasteiger partial charge in [-0.05, 0) is 43.4 Å². The third-order valence-corrected chi connectivity index (χ3v) is 6.64. The van der Waals surface area contributed by atoms with Crippen LogP contribution in [-0.4, -0.2) is 17.6 Å². The van der Waals surface area contributed by atoms with Crippen molar-refractivity contribution in [1.29, 1.82) is 5.26 Å². The number of thiazole rings is 1. The molecular formula is C17H26N4S. The molecule has 2 N–H and O–H groups in total. The highest BCUT2D eigenvalue weighted by Gasteiger charge is 2.42. The third-order valence-electron chi connectivity index (χ3n) is 5.52. The van der Waals surface area contributed by atoms with Gasteiger partial charge in [0, 0.05) is 23.7 Å². The smallest absolute Gasteiger partial charge is 0.182 e. The first-order chi connectivity index (χ1) is 10.7. The second kappa shape index (κ2) is 6.87. The van der Waals surface area contributed by atoms with Gasteiger partial charge in [-0.15, -0.1) is 11.3 Å². The Hall–Kier alpha value is -1.28. The molecule has 0 aromatic carbocycles. The van der Waals surface area contributed by atoms with E-state index in [1.54, 1.807) is 0 Å². The van der Waals surface area contributed by atoms with Crippen LogP contribution in [0.4, 0.5) is 5.13 Å². The number of nitriles is 1. The van der Waals surface area contributed by atoms with Crippen molar-refractivity contribution < 1.29 is 0 Å². The molecule has 2 saturated carbocycles. The molecule has 1 aromatic rings. The van der Waals surface area contributed by atoms with E-state index in [2.05, 4.69) is 34.9 Å². The van der Waals surface area contributed by atoms with Crippen molar-refractivity contribution in [2.45, 2.75) is 70.3 Å². The molecule has 1 aromatic heterocycles. The Morgan fingerprint density at radius 3 is 2.82 bits per heavy atom. The van der Waals surface area contributed by atoms with Crippen molar-refractivity contribution in [3.8, 4) is 6.19 Å². The standard InChI is InChI=1S/C17H26N4S/c1-2-17(8-14(9-17)21-12-18)11-20-16-19-10-15(22-16)13-6-4-3-5-7-13/h10,13-14,21H,2-9,11H2,1H3,(H,19,20)/t14-,17-. The average Bonchev–Trinajstić information content (AvgIpc) is 2.99. The van der Waals surface area contributed by atoms with Crippen LogP contribution in [0.2, 0.25) is 0 Å². The first kappa shape index (κ1) is 15.6. The van der Waals surface area contributed by atoms with Crippen LogP contribution in [0.3, 0.4) is 0 Å². The van der Waals surface area contributed by atoms with E-state index in [9.17, 15) is 0 Å². The Morgan fingerprint density at radius 2 is 2.14 bits per heavy atom. The predicted octanol–water partition coefficient (Wildman–Crippen LogP) is 4.23. The maximum absolute atomic E-state index is 8.69. The number of nitrogens with one attached hydrogen (secondary N) is 2. The van der Waals surface area contributed by atoms with Crippen LogP contribution in [0.15, 0.2) is 6.20 Å². The molecule has 5 heteroatoms. The summed E-state index contributed by atoms with van der Waals surface area (Å²) in [6.07, 6.45) is 14.3. The molecule has 2 fully saturated rings. The molecular weight excluding hydrogens is 292 g/mol. The summed E-state index contributed by atoms with van der Waals surface area (Å²) >= 11 is 1.85. The minimum absolute atomic E-state index is 0.338. The van der Waals surface area contributed by atoms with Gasteiger partial charge in [-0.3, -0.25) is 0 Å². The number of aromatic nitrogens is 1. The van der Waals surface area contributed by atoms with Gasteiger partial charge in [0.2, 0.25) is 0 Å². The summed E-state index contributed by atoms with van der Waals surface area (Å²) in [6.45, 7) is 3.23. The number of nitrogens with zero attached hydrogens (tertiary/aromatic N) is 2. The summed E-state index contributed by atoms with van der Waals surface area (Å²) in [7, 11) is 0. The van der Waals surface area contributed by atoms with E-state index in [4.69, 9.17) is 5.26 Å². The lowest BCUT2D eigenvalue weighted by Gasteiger charge is -2.46. The van der Waals surface area contributed by atoms with E-state index in [-0.39, 0.29) is 0 Å². The fourth-order valence-corrected chi connectivity index (χ4v) is 4.93. The predicted molar refractivity (Wildman–Crippen MR) is 90.9 cm³/mol. The quantitative estimate of drug-likeness (QED) is 0.608. The Bertz CT molecular complexity index is 521. The summed E-state index contributed by atoms with van der Waals surface area (Å²) in [6, 6.07) is 0.376.